The Kier molecular flexibility index (Phi) is 4.22. The second-order valence-electron chi connectivity index (χ2n) is 6.49. The number of aromatic nitrogens is 4. The molecule has 3 heterocycles. The van der Waals surface area contributed by atoms with Gasteiger partial charge in [0.1, 0.15) is 5.52 Å². The lowest BCUT2D eigenvalue weighted by Crippen LogP contribution is -2.23. The molecule has 8 heteroatoms. The Labute approximate surface area is 170 Å². The van der Waals surface area contributed by atoms with Gasteiger partial charge < -0.3 is 9.73 Å². The first-order chi connectivity index (χ1) is 14.2. The van der Waals surface area contributed by atoms with Crippen molar-refractivity contribution >= 4 is 34.4 Å². The largest absolute Gasteiger partial charge is 0.436 e. The van der Waals surface area contributed by atoms with E-state index in [4.69, 9.17) is 16.0 Å². The molecule has 3 aromatic heterocycles. The Bertz CT molecular complexity index is 1340. The summed E-state index contributed by atoms with van der Waals surface area (Å²) in [5.41, 5.74) is 3.67. The summed E-state index contributed by atoms with van der Waals surface area (Å²) in [6, 6.07) is 13.0. The van der Waals surface area contributed by atoms with Crippen LogP contribution in [0.15, 0.2) is 71.7 Å². The predicted octanol–water partition coefficient (Wildman–Crippen LogP) is 4.12. The first kappa shape index (κ1) is 17.4. The number of hydrogen-bond donors (Lipinski definition) is 1. The van der Waals surface area contributed by atoms with Crippen LogP contribution in [0, 0.1) is 0 Å². The summed E-state index contributed by atoms with van der Waals surface area (Å²) < 4.78 is 7.49. The topological polar surface area (TPSA) is 85.3 Å². The van der Waals surface area contributed by atoms with Gasteiger partial charge >= 0.3 is 0 Å². The maximum Gasteiger partial charge on any atom is 0.254 e. The number of fused-ring (bicyclic) bond motifs is 2. The molecule has 0 atom stereocenters. The number of benzene rings is 2. The van der Waals surface area contributed by atoms with Gasteiger partial charge in [-0.2, -0.15) is 0 Å². The van der Waals surface area contributed by atoms with Crippen molar-refractivity contribution in [1.82, 2.24) is 24.7 Å². The van der Waals surface area contributed by atoms with Crippen LogP contribution in [0.3, 0.4) is 0 Å². The van der Waals surface area contributed by atoms with E-state index in [1.807, 2.05) is 30.3 Å². The molecule has 2 aromatic carbocycles. The molecule has 29 heavy (non-hydrogen) atoms. The molecule has 7 nitrogen and oxygen atoms in total. The highest BCUT2D eigenvalue weighted by atomic mass is 35.5. The van der Waals surface area contributed by atoms with Crippen LogP contribution in [0.5, 0.6) is 0 Å². The van der Waals surface area contributed by atoms with Crippen LogP contribution in [0.4, 0.5) is 0 Å². The molecule has 0 unspecified atom stereocenters. The van der Waals surface area contributed by atoms with Crippen LogP contribution in [0.1, 0.15) is 15.9 Å². The summed E-state index contributed by atoms with van der Waals surface area (Å²) in [5, 5.41) is 3.50. The third-order valence-electron chi connectivity index (χ3n) is 4.51. The normalized spacial score (nSPS) is 11.2. The summed E-state index contributed by atoms with van der Waals surface area (Å²) in [6.45, 7) is 0.393. The summed E-state index contributed by atoms with van der Waals surface area (Å²) in [4.78, 5) is 25.1. The fraction of sp³-hybridized carbons (Fsp3) is 0.0476. The minimum absolute atomic E-state index is 0.201. The van der Waals surface area contributed by atoms with E-state index in [0.29, 0.717) is 34.4 Å². The second-order valence-corrected chi connectivity index (χ2v) is 6.92. The molecule has 1 N–H and O–H groups in total. The molecule has 5 aromatic rings. The van der Waals surface area contributed by atoms with Crippen LogP contribution in [-0.4, -0.2) is 25.3 Å². The molecule has 0 aliphatic carbocycles. The van der Waals surface area contributed by atoms with E-state index in [1.54, 1.807) is 35.1 Å². The number of carbonyl (C=O) groups excluding carboxylic acids is 1. The zero-order valence-electron chi connectivity index (χ0n) is 15.0. The molecule has 0 aliphatic heterocycles. The van der Waals surface area contributed by atoms with Gasteiger partial charge in [-0.05, 0) is 29.8 Å². The Morgan fingerprint density at radius 1 is 1.14 bits per heavy atom. The zero-order chi connectivity index (χ0) is 19.8. The summed E-state index contributed by atoms with van der Waals surface area (Å²) in [5.74, 6) is 0.879. The fourth-order valence-corrected chi connectivity index (χ4v) is 3.17. The highest BCUT2D eigenvalue weighted by Crippen LogP contribution is 2.26. The Balaban J connectivity index is 1.29. The van der Waals surface area contributed by atoms with E-state index < -0.39 is 0 Å². The molecule has 142 valence electrons. The van der Waals surface area contributed by atoms with Crippen LogP contribution in [0.2, 0.25) is 5.02 Å². The van der Waals surface area contributed by atoms with E-state index in [1.165, 1.54) is 6.20 Å². The van der Waals surface area contributed by atoms with Gasteiger partial charge in [0.25, 0.3) is 5.91 Å². The summed E-state index contributed by atoms with van der Waals surface area (Å²) in [6.07, 6.45) is 6.60. The van der Waals surface area contributed by atoms with E-state index in [0.717, 1.165) is 16.6 Å². The highest BCUT2D eigenvalue weighted by Gasteiger charge is 2.10. The molecule has 0 bridgehead atoms. The van der Waals surface area contributed by atoms with Gasteiger partial charge in [-0.15, -0.1) is 0 Å². The Hall–Kier alpha value is -3.71. The van der Waals surface area contributed by atoms with E-state index >= 15 is 0 Å². The molecule has 0 radical (unpaired) electrons. The van der Waals surface area contributed by atoms with Gasteiger partial charge in [0.05, 0.1) is 5.56 Å². The van der Waals surface area contributed by atoms with Gasteiger partial charge in [-0.25, -0.2) is 15.0 Å². The predicted molar refractivity (Wildman–Crippen MR) is 109 cm³/mol. The molecule has 0 fully saturated rings. The molecular weight excluding hydrogens is 390 g/mol. The third kappa shape index (κ3) is 3.43. The molecule has 0 saturated heterocycles. The number of oxazole rings is 1. The van der Waals surface area contributed by atoms with Crippen molar-refractivity contribution in [3.63, 3.8) is 0 Å². The average molecular weight is 404 g/mol. The number of hydrogen-bond acceptors (Lipinski definition) is 5. The number of amides is 1. The highest BCUT2D eigenvalue weighted by molar-refractivity contribution is 6.31. The number of nitrogens with zero attached hydrogens (tertiary/aromatic N) is 4. The van der Waals surface area contributed by atoms with Crippen molar-refractivity contribution in [1.29, 1.82) is 0 Å². The number of imidazole rings is 1. The lowest BCUT2D eigenvalue weighted by atomic mass is 10.1. The molecular formula is C21H14ClN5O2. The zero-order valence-corrected chi connectivity index (χ0v) is 15.8. The van der Waals surface area contributed by atoms with E-state index in [9.17, 15) is 4.79 Å². The van der Waals surface area contributed by atoms with Crippen molar-refractivity contribution < 1.29 is 9.21 Å². The molecule has 0 saturated carbocycles. The Morgan fingerprint density at radius 3 is 2.86 bits per heavy atom. The smallest absolute Gasteiger partial charge is 0.254 e. The number of carbonyl (C=O) groups is 1. The van der Waals surface area contributed by atoms with E-state index in [2.05, 4.69) is 20.3 Å². The summed E-state index contributed by atoms with van der Waals surface area (Å²) in [7, 11) is 0. The maximum absolute atomic E-state index is 12.4. The van der Waals surface area contributed by atoms with Crippen LogP contribution in [-0.2, 0) is 6.54 Å². The summed E-state index contributed by atoms with van der Waals surface area (Å²) >= 11 is 5.99. The minimum Gasteiger partial charge on any atom is -0.436 e. The molecule has 5 rings (SSSR count). The van der Waals surface area contributed by atoms with Crippen molar-refractivity contribution in [3.05, 3.63) is 83.4 Å². The van der Waals surface area contributed by atoms with Gasteiger partial charge in [0, 0.05) is 48.0 Å². The van der Waals surface area contributed by atoms with Gasteiger partial charge in [-0.3, -0.25) is 9.20 Å². The number of rotatable bonds is 4. The Morgan fingerprint density at radius 2 is 2.00 bits per heavy atom. The van der Waals surface area contributed by atoms with Crippen molar-refractivity contribution in [2.24, 2.45) is 0 Å². The lowest BCUT2D eigenvalue weighted by molar-refractivity contribution is 0.0950. The quantitative estimate of drug-likeness (QED) is 0.488. The van der Waals surface area contributed by atoms with Crippen LogP contribution < -0.4 is 5.32 Å². The number of nitrogens with one attached hydrogen (secondary N) is 1. The van der Waals surface area contributed by atoms with Crippen molar-refractivity contribution in [2.45, 2.75) is 6.54 Å². The second kappa shape index (κ2) is 7.03. The van der Waals surface area contributed by atoms with Crippen LogP contribution >= 0.6 is 11.6 Å². The molecule has 0 aliphatic rings. The standard InChI is InChI=1S/C21H14ClN5O2/c22-16-5-6-17-18(9-16)29-20(26-17)14-3-1-13(2-4-14)10-24-19(28)15-11-25-21-23-7-8-27(21)12-15/h1-9,11-12H,10H2,(H,24,28). The minimum atomic E-state index is -0.201. The average Bonchev–Trinajstić information content (AvgIpc) is 3.38. The van der Waals surface area contributed by atoms with Crippen molar-refractivity contribution in [3.8, 4) is 11.5 Å². The van der Waals surface area contributed by atoms with Crippen LogP contribution in [0.25, 0.3) is 28.3 Å². The SMILES string of the molecule is O=C(NCc1ccc(-c2nc3ccc(Cl)cc3o2)cc1)c1cnc2nccn2c1. The molecule has 0 spiro atoms. The van der Waals surface area contributed by atoms with Crippen molar-refractivity contribution in [2.75, 3.05) is 0 Å². The van der Waals surface area contributed by atoms with E-state index in [-0.39, 0.29) is 5.91 Å². The third-order valence-corrected chi connectivity index (χ3v) is 4.75. The number of halogens is 1. The fourth-order valence-electron chi connectivity index (χ4n) is 3.01. The lowest BCUT2D eigenvalue weighted by Gasteiger charge is -2.06. The van der Waals surface area contributed by atoms with Gasteiger partial charge in [0.2, 0.25) is 11.7 Å². The monoisotopic (exact) mass is 403 g/mol. The first-order valence-electron chi connectivity index (χ1n) is 8.88. The first-order valence-corrected chi connectivity index (χ1v) is 9.26. The molecule has 1 amide bonds. The van der Waals surface area contributed by atoms with Gasteiger partial charge in [-0.1, -0.05) is 23.7 Å². The maximum atomic E-state index is 12.4. The van der Waals surface area contributed by atoms with Gasteiger partial charge in [0.15, 0.2) is 5.58 Å².